The topological polar surface area (TPSA) is 58.9 Å². The molecule has 0 spiro atoms. The van der Waals surface area contributed by atoms with Crippen molar-refractivity contribution in [3.05, 3.63) is 0 Å². The number of hydrogen-bond donors (Lipinski definition) is 2. The van der Waals surface area contributed by atoms with Gasteiger partial charge in [-0.1, -0.05) is 13.8 Å². The zero-order chi connectivity index (χ0) is 10.4. The SMILES string of the molecule is COC(C)OCC(B(O)O)C(C)C. The van der Waals surface area contributed by atoms with Crippen LogP contribution in [0.1, 0.15) is 20.8 Å². The summed E-state index contributed by atoms with van der Waals surface area (Å²) in [4.78, 5) is 0. The van der Waals surface area contributed by atoms with E-state index in [-0.39, 0.29) is 18.0 Å². The molecule has 0 aromatic carbocycles. The van der Waals surface area contributed by atoms with Gasteiger partial charge in [0.2, 0.25) is 0 Å². The molecule has 0 amide bonds. The zero-order valence-electron chi connectivity index (χ0n) is 8.73. The highest BCUT2D eigenvalue weighted by molar-refractivity contribution is 6.43. The highest BCUT2D eigenvalue weighted by Gasteiger charge is 2.27. The second-order valence-electron chi connectivity index (χ2n) is 3.46. The lowest BCUT2D eigenvalue weighted by molar-refractivity contribution is -0.113. The minimum Gasteiger partial charge on any atom is -0.427 e. The Hall–Kier alpha value is -0.0951. The molecule has 0 saturated carbocycles. The molecule has 0 saturated heterocycles. The van der Waals surface area contributed by atoms with Crippen LogP contribution < -0.4 is 0 Å². The van der Waals surface area contributed by atoms with Gasteiger partial charge in [-0.05, 0) is 12.8 Å². The van der Waals surface area contributed by atoms with Crippen molar-refractivity contribution >= 4 is 7.12 Å². The van der Waals surface area contributed by atoms with Gasteiger partial charge >= 0.3 is 7.12 Å². The van der Waals surface area contributed by atoms with E-state index in [1.165, 1.54) is 0 Å². The minimum atomic E-state index is -1.33. The molecule has 2 N–H and O–H groups in total. The summed E-state index contributed by atoms with van der Waals surface area (Å²) in [5.74, 6) is -0.0957. The van der Waals surface area contributed by atoms with Crippen molar-refractivity contribution < 1.29 is 19.5 Å². The average molecular weight is 190 g/mol. The summed E-state index contributed by atoms with van der Waals surface area (Å²) in [7, 11) is 0.216. The summed E-state index contributed by atoms with van der Waals surface area (Å²) in [6.07, 6.45) is -0.306. The largest absolute Gasteiger partial charge is 0.457 e. The Balaban J connectivity index is 3.83. The molecule has 0 bridgehead atoms. The molecule has 0 aliphatic rings. The highest BCUT2D eigenvalue weighted by atomic mass is 16.7. The predicted octanol–water partition coefficient (Wildman–Crippen LogP) is 0.494. The fourth-order valence-electron chi connectivity index (χ4n) is 0.937. The van der Waals surface area contributed by atoms with Crippen molar-refractivity contribution in [3.8, 4) is 0 Å². The third kappa shape index (κ3) is 5.26. The molecule has 0 radical (unpaired) electrons. The van der Waals surface area contributed by atoms with E-state index in [4.69, 9.17) is 19.5 Å². The number of methoxy groups -OCH3 is 1. The molecule has 78 valence electrons. The molecule has 5 heteroatoms. The molecule has 0 heterocycles. The van der Waals surface area contributed by atoms with Crippen molar-refractivity contribution in [1.82, 2.24) is 0 Å². The van der Waals surface area contributed by atoms with Crippen LogP contribution in [0.4, 0.5) is 0 Å². The lowest BCUT2D eigenvalue weighted by Gasteiger charge is -2.21. The van der Waals surface area contributed by atoms with E-state index in [2.05, 4.69) is 0 Å². The maximum absolute atomic E-state index is 9.00. The van der Waals surface area contributed by atoms with Gasteiger partial charge in [-0.3, -0.25) is 0 Å². The van der Waals surface area contributed by atoms with Crippen molar-refractivity contribution in [2.75, 3.05) is 13.7 Å². The van der Waals surface area contributed by atoms with Crippen LogP contribution in [0.2, 0.25) is 5.82 Å². The van der Waals surface area contributed by atoms with Gasteiger partial charge in [0.25, 0.3) is 0 Å². The van der Waals surface area contributed by atoms with Gasteiger partial charge in [-0.2, -0.15) is 0 Å². The Kier molecular flexibility index (Phi) is 6.33. The smallest absolute Gasteiger partial charge is 0.427 e. The van der Waals surface area contributed by atoms with E-state index in [0.717, 1.165) is 0 Å². The highest BCUT2D eigenvalue weighted by Crippen LogP contribution is 2.19. The number of rotatable bonds is 6. The van der Waals surface area contributed by atoms with Crippen LogP contribution >= 0.6 is 0 Å². The predicted molar refractivity (Wildman–Crippen MR) is 51.2 cm³/mol. The summed E-state index contributed by atoms with van der Waals surface area (Å²) in [6, 6.07) is 0. The van der Waals surface area contributed by atoms with Crippen LogP contribution in [0.3, 0.4) is 0 Å². The summed E-state index contributed by atoms with van der Waals surface area (Å²) < 4.78 is 10.1. The van der Waals surface area contributed by atoms with Gasteiger partial charge in [-0.25, -0.2) is 0 Å². The molecule has 0 aliphatic heterocycles. The van der Waals surface area contributed by atoms with Crippen molar-refractivity contribution in [3.63, 3.8) is 0 Å². The molecule has 2 atom stereocenters. The van der Waals surface area contributed by atoms with Crippen LogP contribution in [0, 0.1) is 5.92 Å². The van der Waals surface area contributed by atoms with Crippen molar-refractivity contribution in [2.45, 2.75) is 32.9 Å². The van der Waals surface area contributed by atoms with Crippen LogP contribution in [0.5, 0.6) is 0 Å². The van der Waals surface area contributed by atoms with Crippen LogP contribution in [-0.2, 0) is 9.47 Å². The molecule has 0 aromatic rings. The standard InChI is InChI=1S/C8H19BO4/c1-6(2)8(9(10)11)5-13-7(3)12-4/h6-8,10-11H,5H2,1-4H3. The lowest BCUT2D eigenvalue weighted by Crippen LogP contribution is -2.30. The van der Waals surface area contributed by atoms with Crippen LogP contribution in [-0.4, -0.2) is 37.2 Å². The maximum atomic E-state index is 9.00. The normalized spacial score (nSPS) is 15.9. The van der Waals surface area contributed by atoms with E-state index in [9.17, 15) is 0 Å². The van der Waals surface area contributed by atoms with E-state index < -0.39 is 7.12 Å². The van der Waals surface area contributed by atoms with Crippen LogP contribution in [0.25, 0.3) is 0 Å². The molecule has 0 aliphatic carbocycles. The molecule has 0 fully saturated rings. The fraction of sp³-hybridized carbons (Fsp3) is 1.00. The second kappa shape index (κ2) is 6.37. The monoisotopic (exact) mass is 190 g/mol. The van der Waals surface area contributed by atoms with E-state index in [1.807, 2.05) is 13.8 Å². The van der Waals surface area contributed by atoms with Gasteiger partial charge in [0.05, 0.1) is 6.61 Å². The molecular weight excluding hydrogens is 171 g/mol. The van der Waals surface area contributed by atoms with Crippen molar-refractivity contribution in [2.24, 2.45) is 5.92 Å². The average Bonchev–Trinajstić information content (AvgIpc) is 2.03. The Morgan fingerprint density at radius 3 is 2.08 bits per heavy atom. The molecule has 0 aromatic heterocycles. The van der Waals surface area contributed by atoms with Gasteiger partial charge in [0.1, 0.15) is 0 Å². The Bertz CT molecular complexity index is 121. The van der Waals surface area contributed by atoms with Crippen LogP contribution in [0.15, 0.2) is 0 Å². The third-order valence-corrected chi connectivity index (χ3v) is 2.09. The molecule has 4 nitrogen and oxygen atoms in total. The van der Waals surface area contributed by atoms with Gasteiger partial charge in [0.15, 0.2) is 6.29 Å². The molecule has 2 unspecified atom stereocenters. The van der Waals surface area contributed by atoms with E-state index >= 15 is 0 Å². The minimum absolute atomic E-state index is 0.170. The Labute approximate surface area is 80.0 Å². The summed E-state index contributed by atoms with van der Waals surface area (Å²) in [6.45, 7) is 5.90. The molecular formula is C8H19BO4. The van der Waals surface area contributed by atoms with E-state index in [1.54, 1.807) is 14.0 Å². The summed E-state index contributed by atoms with van der Waals surface area (Å²) in [5.41, 5.74) is 0. The number of ether oxygens (including phenoxy) is 2. The molecule has 13 heavy (non-hydrogen) atoms. The molecule has 0 rings (SSSR count). The first kappa shape index (κ1) is 12.9. The third-order valence-electron chi connectivity index (χ3n) is 2.09. The first-order valence-corrected chi connectivity index (χ1v) is 4.49. The van der Waals surface area contributed by atoms with E-state index in [0.29, 0.717) is 6.61 Å². The quantitative estimate of drug-likeness (QED) is 0.472. The Morgan fingerprint density at radius 2 is 1.77 bits per heavy atom. The lowest BCUT2D eigenvalue weighted by atomic mass is 9.67. The zero-order valence-corrected chi connectivity index (χ0v) is 8.73. The van der Waals surface area contributed by atoms with Gasteiger partial charge in [-0.15, -0.1) is 0 Å². The first-order valence-electron chi connectivity index (χ1n) is 4.49. The fourth-order valence-corrected chi connectivity index (χ4v) is 0.937. The van der Waals surface area contributed by atoms with Gasteiger partial charge < -0.3 is 19.5 Å². The Morgan fingerprint density at radius 1 is 1.23 bits per heavy atom. The first-order chi connectivity index (χ1) is 5.99. The summed E-state index contributed by atoms with van der Waals surface area (Å²) in [5, 5.41) is 18.0. The number of hydrogen-bond acceptors (Lipinski definition) is 4. The second-order valence-corrected chi connectivity index (χ2v) is 3.46. The van der Waals surface area contributed by atoms with Gasteiger partial charge in [0, 0.05) is 12.9 Å². The van der Waals surface area contributed by atoms with Crippen molar-refractivity contribution in [1.29, 1.82) is 0 Å². The summed E-state index contributed by atoms with van der Waals surface area (Å²) >= 11 is 0. The maximum Gasteiger partial charge on any atom is 0.457 e.